The molecule has 3 N–H and O–H groups in total. The van der Waals surface area contributed by atoms with Crippen molar-refractivity contribution in [2.24, 2.45) is 5.73 Å². The molecule has 0 aliphatic carbocycles. The molecule has 2 aromatic carbocycles. The van der Waals surface area contributed by atoms with Crippen LogP contribution in [0.2, 0.25) is 0 Å². The molecule has 1 aliphatic rings. The van der Waals surface area contributed by atoms with Crippen LogP contribution in [0.5, 0.6) is 5.75 Å². The van der Waals surface area contributed by atoms with Gasteiger partial charge in [0.05, 0.1) is 20.3 Å². The average Bonchev–Trinajstić information content (AvgIpc) is 2.75. The first-order valence-electron chi connectivity index (χ1n) is 9.55. The second-order valence-corrected chi connectivity index (χ2v) is 6.84. The number of amides is 2. The molecule has 1 fully saturated rings. The zero-order chi connectivity index (χ0) is 20.6. The molecule has 8 heteroatoms. The van der Waals surface area contributed by atoms with Gasteiger partial charge in [0.15, 0.2) is 12.9 Å². The van der Waals surface area contributed by atoms with Gasteiger partial charge in [-0.3, -0.25) is 4.79 Å². The van der Waals surface area contributed by atoms with Crippen molar-refractivity contribution in [3.63, 3.8) is 0 Å². The van der Waals surface area contributed by atoms with Crippen molar-refractivity contribution < 1.29 is 28.5 Å². The minimum Gasteiger partial charge on any atom is -0.497 e. The average molecular weight is 402 g/mol. The summed E-state index contributed by atoms with van der Waals surface area (Å²) in [5.41, 5.74) is 6.10. The zero-order valence-corrected chi connectivity index (χ0v) is 16.4. The lowest BCUT2D eigenvalue weighted by Crippen LogP contribution is -2.33. The molecule has 1 heterocycles. The predicted octanol–water partition coefficient (Wildman–Crippen LogP) is 2.30. The molecule has 0 bridgehead atoms. The summed E-state index contributed by atoms with van der Waals surface area (Å²) >= 11 is 0. The van der Waals surface area contributed by atoms with Crippen molar-refractivity contribution in [2.45, 2.75) is 25.0 Å². The number of hydrogen-bond donors (Lipinski definition) is 2. The van der Waals surface area contributed by atoms with Crippen molar-refractivity contribution in [3.05, 3.63) is 42.0 Å². The fraction of sp³-hybridized carbons (Fsp3) is 0.429. The lowest BCUT2D eigenvalue weighted by Gasteiger charge is -2.30. The summed E-state index contributed by atoms with van der Waals surface area (Å²) in [6.45, 7) is 1.12. The molecule has 8 nitrogen and oxygen atoms in total. The highest BCUT2D eigenvalue weighted by atomic mass is 16.7. The number of nitrogens with two attached hydrogens (primary N) is 1. The van der Waals surface area contributed by atoms with Crippen molar-refractivity contribution >= 4 is 22.8 Å². The Morgan fingerprint density at radius 1 is 1.21 bits per heavy atom. The van der Waals surface area contributed by atoms with Crippen molar-refractivity contribution in [2.75, 3.05) is 33.5 Å². The largest absolute Gasteiger partial charge is 0.497 e. The molecule has 29 heavy (non-hydrogen) atoms. The Hall–Kier alpha value is -2.84. The molecule has 1 aliphatic heterocycles. The number of carbonyl (C=O) groups excluding carboxylic acids is 2. The molecule has 0 aromatic heterocycles. The number of methoxy groups -OCH3 is 1. The van der Waals surface area contributed by atoms with Gasteiger partial charge in [0.25, 0.3) is 5.91 Å². The van der Waals surface area contributed by atoms with Crippen LogP contribution in [0, 0.1) is 0 Å². The van der Waals surface area contributed by atoms with Gasteiger partial charge in [-0.2, -0.15) is 0 Å². The maximum absolute atomic E-state index is 11.3. The summed E-state index contributed by atoms with van der Waals surface area (Å²) in [7, 11) is 1.66. The SMILES string of the molecule is COc1ccc2c(cccc2[C@H]2CO[C@@H](CCCNC(=O)OCC(N)=O)OC2)c1. The zero-order valence-electron chi connectivity index (χ0n) is 16.4. The highest BCUT2D eigenvalue weighted by Gasteiger charge is 2.24. The van der Waals surface area contributed by atoms with Crippen LogP contribution < -0.4 is 15.8 Å². The molecular formula is C21H26N2O6. The Morgan fingerprint density at radius 2 is 2.00 bits per heavy atom. The number of benzene rings is 2. The number of carbonyl (C=O) groups is 2. The molecule has 0 unspecified atom stereocenters. The van der Waals surface area contributed by atoms with E-state index in [1.807, 2.05) is 18.2 Å². The lowest BCUT2D eigenvalue weighted by atomic mass is 9.94. The number of nitrogens with one attached hydrogen (secondary N) is 1. The van der Waals surface area contributed by atoms with E-state index in [2.05, 4.69) is 28.3 Å². The summed E-state index contributed by atoms with van der Waals surface area (Å²) in [5.74, 6) is 0.298. The molecule has 0 spiro atoms. The highest BCUT2D eigenvalue weighted by molar-refractivity contribution is 5.87. The third-order valence-corrected chi connectivity index (χ3v) is 4.76. The van der Waals surface area contributed by atoms with Crippen LogP contribution in [0.1, 0.15) is 24.3 Å². The van der Waals surface area contributed by atoms with Gasteiger partial charge in [-0.25, -0.2) is 4.79 Å². The van der Waals surface area contributed by atoms with Gasteiger partial charge in [0, 0.05) is 18.9 Å². The van der Waals surface area contributed by atoms with E-state index in [1.165, 1.54) is 10.9 Å². The van der Waals surface area contributed by atoms with E-state index in [-0.39, 0.29) is 12.2 Å². The number of rotatable bonds is 8. The van der Waals surface area contributed by atoms with Crippen LogP contribution in [0.3, 0.4) is 0 Å². The summed E-state index contributed by atoms with van der Waals surface area (Å²) in [6.07, 6.45) is 0.344. The van der Waals surface area contributed by atoms with E-state index >= 15 is 0 Å². The normalized spacial score (nSPS) is 18.9. The van der Waals surface area contributed by atoms with Gasteiger partial charge in [0.2, 0.25) is 0 Å². The Balaban J connectivity index is 1.44. The standard InChI is InChI=1S/C21H26N2O6/c1-26-16-7-8-18-14(10-16)4-2-5-17(18)15-11-27-20(28-12-15)6-3-9-23-21(25)29-13-19(22)24/h2,4-5,7-8,10,15,20H,3,6,9,11-13H2,1H3,(H2,22,24)(H,23,25)/t15-,20+. The number of fused-ring (bicyclic) bond motifs is 1. The first kappa shape index (κ1) is 20.9. The fourth-order valence-electron chi connectivity index (χ4n) is 3.31. The Morgan fingerprint density at radius 3 is 2.72 bits per heavy atom. The molecule has 2 aromatic rings. The van der Waals surface area contributed by atoms with Crippen molar-refractivity contribution in [1.82, 2.24) is 5.32 Å². The summed E-state index contributed by atoms with van der Waals surface area (Å²) in [6, 6.07) is 12.3. The van der Waals surface area contributed by atoms with Crippen LogP contribution in [0.15, 0.2) is 36.4 Å². The van der Waals surface area contributed by atoms with E-state index in [1.54, 1.807) is 7.11 Å². The van der Waals surface area contributed by atoms with E-state index in [9.17, 15) is 9.59 Å². The van der Waals surface area contributed by atoms with Crippen LogP contribution in [-0.2, 0) is 19.0 Å². The van der Waals surface area contributed by atoms with Crippen LogP contribution in [0.25, 0.3) is 10.8 Å². The topological polar surface area (TPSA) is 109 Å². The number of hydrogen-bond acceptors (Lipinski definition) is 6. The molecule has 1 saturated heterocycles. The maximum atomic E-state index is 11.3. The smallest absolute Gasteiger partial charge is 0.407 e. The summed E-state index contributed by atoms with van der Waals surface area (Å²) in [5, 5.41) is 4.84. The third kappa shape index (κ3) is 5.82. The minimum absolute atomic E-state index is 0.158. The first-order chi connectivity index (χ1) is 14.1. The Labute approximate surface area is 169 Å². The van der Waals surface area contributed by atoms with Gasteiger partial charge in [-0.05, 0) is 34.9 Å². The van der Waals surface area contributed by atoms with Gasteiger partial charge in [-0.1, -0.05) is 24.3 Å². The molecule has 3 rings (SSSR count). The van der Waals surface area contributed by atoms with Gasteiger partial charge in [-0.15, -0.1) is 0 Å². The van der Waals surface area contributed by atoms with E-state index in [4.69, 9.17) is 19.9 Å². The Kier molecular flexibility index (Phi) is 7.26. The maximum Gasteiger partial charge on any atom is 0.407 e. The molecule has 156 valence electrons. The monoisotopic (exact) mass is 402 g/mol. The summed E-state index contributed by atoms with van der Waals surface area (Å²) < 4.78 is 21.7. The Bertz CT molecular complexity index is 848. The quantitative estimate of drug-likeness (QED) is 0.656. The van der Waals surface area contributed by atoms with Crippen LogP contribution >= 0.6 is 0 Å². The van der Waals surface area contributed by atoms with Crippen LogP contribution in [-0.4, -0.2) is 51.8 Å². The van der Waals surface area contributed by atoms with Gasteiger partial charge >= 0.3 is 6.09 Å². The number of alkyl carbamates (subject to hydrolysis) is 1. The van der Waals surface area contributed by atoms with E-state index < -0.39 is 18.6 Å². The van der Waals surface area contributed by atoms with Crippen molar-refractivity contribution in [1.29, 1.82) is 0 Å². The molecule has 0 atom stereocenters. The fourth-order valence-corrected chi connectivity index (χ4v) is 3.31. The molecule has 0 radical (unpaired) electrons. The first-order valence-corrected chi connectivity index (χ1v) is 9.55. The van der Waals surface area contributed by atoms with Crippen molar-refractivity contribution in [3.8, 4) is 5.75 Å². The predicted molar refractivity (Wildman–Crippen MR) is 107 cm³/mol. The van der Waals surface area contributed by atoms with Gasteiger partial charge < -0.3 is 30.0 Å². The number of ether oxygens (including phenoxy) is 4. The third-order valence-electron chi connectivity index (χ3n) is 4.76. The van der Waals surface area contributed by atoms with E-state index in [0.717, 1.165) is 11.1 Å². The lowest BCUT2D eigenvalue weighted by molar-refractivity contribution is -0.189. The highest BCUT2D eigenvalue weighted by Crippen LogP contribution is 2.31. The molecule has 2 amide bonds. The second kappa shape index (κ2) is 10.1. The molecular weight excluding hydrogens is 376 g/mol. The minimum atomic E-state index is -0.691. The molecule has 0 saturated carbocycles. The number of primary amides is 1. The van der Waals surface area contributed by atoms with Crippen LogP contribution in [0.4, 0.5) is 4.79 Å². The second-order valence-electron chi connectivity index (χ2n) is 6.84. The van der Waals surface area contributed by atoms with E-state index in [0.29, 0.717) is 32.6 Å². The summed E-state index contributed by atoms with van der Waals surface area (Å²) in [4.78, 5) is 21.9. The van der Waals surface area contributed by atoms with Gasteiger partial charge in [0.1, 0.15) is 5.75 Å².